The third kappa shape index (κ3) is 4.12. The fourth-order valence-corrected chi connectivity index (χ4v) is 5.44. The number of amides is 3. The Balaban J connectivity index is 1.37. The van der Waals surface area contributed by atoms with Crippen molar-refractivity contribution in [3.8, 4) is 0 Å². The van der Waals surface area contributed by atoms with E-state index in [1.54, 1.807) is 24.5 Å². The molecule has 0 saturated carbocycles. The van der Waals surface area contributed by atoms with E-state index in [2.05, 4.69) is 16.8 Å². The molecule has 0 N–H and O–H groups in total. The number of hydrogen-bond acceptors (Lipinski definition) is 5. The number of hydrogen-bond donors (Lipinski definition) is 0. The maximum atomic E-state index is 13.4. The standard InChI is InChI=1S/C26H30N4O3/c1-18-6-4-13-29(15-18)24(31)20-8-5-12-28(17-20)22-10-2-9-21-23(22)26(33)30(25(21)32)16-19-7-3-11-27-14-19/h2-3,7,9-11,14,18,20H,4-6,8,12-13,15-17H2,1H3. The van der Waals surface area contributed by atoms with E-state index in [1.165, 1.54) is 11.3 Å². The van der Waals surface area contributed by atoms with Crippen molar-refractivity contribution < 1.29 is 14.4 Å². The molecular weight excluding hydrogens is 416 g/mol. The molecular formula is C26H30N4O3. The first-order valence-corrected chi connectivity index (χ1v) is 11.9. The van der Waals surface area contributed by atoms with Crippen molar-refractivity contribution >= 4 is 23.4 Å². The number of anilines is 1. The summed E-state index contributed by atoms with van der Waals surface area (Å²) < 4.78 is 0. The zero-order valence-electron chi connectivity index (χ0n) is 19.1. The van der Waals surface area contributed by atoms with E-state index in [0.29, 0.717) is 23.6 Å². The van der Waals surface area contributed by atoms with Gasteiger partial charge in [0.1, 0.15) is 0 Å². The van der Waals surface area contributed by atoms with E-state index in [1.807, 2.05) is 23.1 Å². The second-order valence-electron chi connectivity index (χ2n) is 9.57. The van der Waals surface area contributed by atoms with E-state index in [-0.39, 0.29) is 30.2 Å². The van der Waals surface area contributed by atoms with Crippen LogP contribution < -0.4 is 4.90 Å². The normalized spacial score (nSPS) is 23.1. The van der Waals surface area contributed by atoms with Crippen molar-refractivity contribution in [1.29, 1.82) is 0 Å². The maximum Gasteiger partial charge on any atom is 0.263 e. The number of piperidine rings is 2. The van der Waals surface area contributed by atoms with Crippen LogP contribution in [0.15, 0.2) is 42.7 Å². The largest absolute Gasteiger partial charge is 0.370 e. The van der Waals surface area contributed by atoms with Gasteiger partial charge in [-0.15, -0.1) is 0 Å². The van der Waals surface area contributed by atoms with Gasteiger partial charge in [-0.05, 0) is 55.4 Å². The molecule has 4 heterocycles. The molecule has 2 unspecified atom stereocenters. The van der Waals surface area contributed by atoms with Gasteiger partial charge in [-0.1, -0.05) is 19.1 Å². The van der Waals surface area contributed by atoms with Crippen LogP contribution in [0, 0.1) is 11.8 Å². The van der Waals surface area contributed by atoms with Crippen LogP contribution in [0.4, 0.5) is 5.69 Å². The molecule has 3 aliphatic rings. The fourth-order valence-electron chi connectivity index (χ4n) is 5.44. The van der Waals surface area contributed by atoms with Crippen LogP contribution in [0.3, 0.4) is 0 Å². The van der Waals surface area contributed by atoms with Crippen molar-refractivity contribution in [2.75, 3.05) is 31.1 Å². The molecule has 172 valence electrons. The summed E-state index contributed by atoms with van der Waals surface area (Å²) in [5.74, 6) is 0.174. The predicted molar refractivity (Wildman–Crippen MR) is 125 cm³/mol. The molecule has 3 aliphatic heterocycles. The Labute approximate surface area is 194 Å². The summed E-state index contributed by atoms with van der Waals surface area (Å²) in [4.78, 5) is 49.2. The van der Waals surface area contributed by atoms with Crippen LogP contribution in [-0.2, 0) is 11.3 Å². The van der Waals surface area contributed by atoms with Gasteiger partial charge in [0, 0.05) is 38.6 Å². The van der Waals surface area contributed by atoms with Gasteiger partial charge in [-0.25, -0.2) is 0 Å². The van der Waals surface area contributed by atoms with Crippen molar-refractivity contribution in [2.45, 2.75) is 39.2 Å². The Bertz CT molecular complexity index is 1070. The summed E-state index contributed by atoms with van der Waals surface area (Å²) in [5, 5.41) is 0. The topological polar surface area (TPSA) is 73.8 Å². The Kier molecular flexibility index (Phi) is 5.87. The number of likely N-dealkylation sites (tertiary alicyclic amines) is 1. The first kappa shape index (κ1) is 21.6. The van der Waals surface area contributed by atoms with Gasteiger partial charge in [0.05, 0.1) is 29.3 Å². The van der Waals surface area contributed by atoms with Gasteiger partial charge < -0.3 is 9.80 Å². The fraction of sp³-hybridized carbons (Fsp3) is 0.462. The molecule has 7 heteroatoms. The molecule has 1 aromatic carbocycles. The number of imide groups is 1. The average molecular weight is 447 g/mol. The van der Waals surface area contributed by atoms with Gasteiger partial charge >= 0.3 is 0 Å². The van der Waals surface area contributed by atoms with Crippen LogP contribution in [0.5, 0.6) is 0 Å². The van der Waals surface area contributed by atoms with E-state index in [0.717, 1.165) is 50.1 Å². The molecule has 33 heavy (non-hydrogen) atoms. The lowest BCUT2D eigenvalue weighted by Crippen LogP contribution is -2.48. The molecule has 0 radical (unpaired) electrons. The third-order valence-corrected chi connectivity index (χ3v) is 7.12. The zero-order chi connectivity index (χ0) is 22.9. The van der Waals surface area contributed by atoms with E-state index in [4.69, 9.17) is 0 Å². The lowest BCUT2D eigenvalue weighted by molar-refractivity contribution is -0.137. The summed E-state index contributed by atoms with van der Waals surface area (Å²) in [7, 11) is 0. The number of nitrogens with zero attached hydrogens (tertiary/aromatic N) is 4. The second-order valence-corrected chi connectivity index (χ2v) is 9.57. The lowest BCUT2D eigenvalue weighted by atomic mass is 9.93. The molecule has 1 aromatic heterocycles. The van der Waals surface area contributed by atoms with E-state index in [9.17, 15) is 14.4 Å². The summed E-state index contributed by atoms with van der Waals surface area (Å²) in [6.45, 7) is 5.46. The Morgan fingerprint density at radius 2 is 1.88 bits per heavy atom. The molecule has 2 saturated heterocycles. The van der Waals surface area contributed by atoms with Crippen molar-refractivity contribution in [3.63, 3.8) is 0 Å². The molecule has 2 aromatic rings. The third-order valence-electron chi connectivity index (χ3n) is 7.12. The molecule has 7 nitrogen and oxygen atoms in total. The summed E-state index contributed by atoms with van der Waals surface area (Å²) in [6.07, 6.45) is 7.36. The highest BCUT2D eigenvalue weighted by molar-refractivity contribution is 6.23. The number of carbonyl (C=O) groups excluding carboxylic acids is 3. The van der Waals surface area contributed by atoms with Gasteiger partial charge in [0.2, 0.25) is 5.91 Å². The number of carbonyl (C=O) groups is 3. The highest BCUT2D eigenvalue weighted by Crippen LogP contribution is 2.35. The highest BCUT2D eigenvalue weighted by atomic mass is 16.2. The molecule has 5 rings (SSSR count). The first-order chi connectivity index (χ1) is 16.0. The summed E-state index contributed by atoms with van der Waals surface area (Å²) in [6, 6.07) is 9.13. The Morgan fingerprint density at radius 1 is 1.03 bits per heavy atom. The summed E-state index contributed by atoms with van der Waals surface area (Å²) in [5.41, 5.74) is 2.49. The zero-order valence-corrected chi connectivity index (χ0v) is 19.1. The number of fused-ring (bicyclic) bond motifs is 1. The highest BCUT2D eigenvalue weighted by Gasteiger charge is 2.40. The van der Waals surface area contributed by atoms with Crippen LogP contribution in [0.1, 0.15) is 58.9 Å². The van der Waals surface area contributed by atoms with E-state index >= 15 is 0 Å². The Hall–Kier alpha value is -3.22. The SMILES string of the molecule is CC1CCCN(C(=O)C2CCCN(c3cccc4c3C(=O)N(Cc3cccnc3)C4=O)C2)C1. The van der Waals surface area contributed by atoms with Crippen LogP contribution in [-0.4, -0.2) is 58.7 Å². The number of benzene rings is 1. The van der Waals surface area contributed by atoms with Gasteiger partial charge in [0.25, 0.3) is 11.8 Å². The van der Waals surface area contributed by atoms with Crippen LogP contribution in [0.25, 0.3) is 0 Å². The van der Waals surface area contributed by atoms with Crippen LogP contribution >= 0.6 is 0 Å². The van der Waals surface area contributed by atoms with Crippen LogP contribution in [0.2, 0.25) is 0 Å². The number of aromatic nitrogens is 1. The molecule has 0 spiro atoms. The minimum absolute atomic E-state index is 0.0707. The number of pyridine rings is 1. The van der Waals surface area contributed by atoms with Crippen molar-refractivity contribution in [3.05, 3.63) is 59.4 Å². The van der Waals surface area contributed by atoms with E-state index < -0.39 is 0 Å². The molecule has 2 atom stereocenters. The monoisotopic (exact) mass is 446 g/mol. The van der Waals surface area contributed by atoms with Gasteiger partial charge in [-0.2, -0.15) is 0 Å². The average Bonchev–Trinajstić information content (AvgIpc) is 3.09. The molecule has 0 aliphatic carbocycles. The smallest absolute Gasteiger partial charge is 0.263 e. The minimum atomic E-state index is -0.271. The van der Waals surface area contributed by atoms with Crippen molar-refractivity contribution in [1.82, 2.24) is 14.8 Å². The minimum Gasteiger partial charge on any atom is -0.370 e. The quantitative estimate of drug-likeness (QED) is 0.674. The molecule has 2 fully saturated rings. The van der Waals surface area contributed by atoms with Gasteiger partial charge in [-0.3, -0.25) is 24.3 Å². The molecule has 3 amide bonds. The predicted octanol–water partition coefficient (Wildman–Crippen LogP) is 3.35. The lowest BCUT2D eigenvalue weighted by Gasteiger charge is -2.38. The Morgan fingerprint density at radius 3 is 2.67 bits per heavy atom. The maximum absolute atomic E-state index is 13.4. The van der Waals surface area contributed by atoms with Gasteiger partial charge in [0.15, 0.2) is 0 Å². The second kappa shape index (κ2) is 8.96. The summed E-state index contributed by atoms with van der Waals surface area (Å²) >= 11 is 0. The first-order valence-electron chi connectivity index (χ1n) is 11.9. The van der Waals surface area contributed by atoms with Crippen molar-refractivity contribution in [2.24, 2.45) is 11.8 Å². The molecule has 0 bridgehead atoms. The number of rotatable bonds is 4.